The summed E-state index contributed by atoms with van der Waals surface area (Å²) >= 11 is 0. The summed E-state index contributed by atoms with van der Waals surface area (Å²) in [6.45, 7) is 0. The molecule has 70 heavy (non-hydrogen) atoms. The molecule has 0 bridgehead atoms. The highest BCUT2D eigenvalue weighted by molar-refractivity contribution is 6.33. The number of hydrogen-bond donors (Lipinski definition) is 0. The Balaban J connectivity index is 0.941. The van der Waals surface area contributed by atoms with Gasteiger partial charge in [-0.3, -0.25) is 0 Å². The Hall–Kier alpha value is -9.18. The van der Waals surface area contributed by atoms with Crippen molar-refractivity contribution in [2.75, 3.05) is 0 Å². The van der Waals surface area contributed by atoms with Crippen LogP contribution in [0, 0.1) is 0 Å². The summed E-state index contributed by atoms with van der Waals surface area (Å²) in [5.41, 5.74) is 21.6. The number of aromatic nitrogens is 2. The van der Waals surface area contributed by atoms with Crippen LogP contribution in [0.15, 0.2) is 235 Å². The van der Waals surface area contributed by atoms with E-state index in [9.17, 15) is 0 Å². The second kappa shape index (κ2) is 13.1. The molecule has 0 fully saturated rings. The first-order valence-corrected chi connectivity index (χ1v) is 24.3. The smallest absolute Gasteiger partial charge is 0.136 e. The summed E-state index contributed by atoms with van der Waals surface area (Å²) in [5, 5.41) is 12.3. The van der Waals surface area contributed by atoms with Crippen molar-refractivity contribution in [3.63, 3.8) is 0 Å². The zero-order valence-corrected chi connectivity index (χ0v) is 37.7. The maximum Gasteiger partial charge on any atom is 0.136 e. The Morgan fingerprint density at radius 2 is 0.843 bits per heavy atom. The van der Waals surface area contributed by atoms with Crippen LogP contribution in [0.25, 0.3) is 132 Å². The van der Waals surface area contributed by atoms with E-state index in [2.05, 4.69) is 240 Å². The zero-order valence-electron chi connectivity index (χ0n) is 37.7. The molecule has 0 atom stereocenters. The Morgan fingerprint density at radius 3 is 1.59 bits per heavy atom. The van der Waals surface area contributed by atoms with Gasteiger partial charge in [-0.2, -0.15) is 0 Å². The van der Waals surface area contributed by atoms with Crippen LogP contribution < -0.4 is 0 Å². The fourth-order valence-corrected chi connectivity index (χ4v) is 13.6. The van der Waals surface area contributed by atoms with Crippen LogP contribution in [0.5, 0.6) is 0 Å². The first-order valence-electron chi connectivity index (χ1n) is 24.3. The van der Waals surface area contributed by atoms with Crippen LogP contribution in [0.3, 0.4) is 0 Å². The van der Waals surface area contributed by atoms with E-state index in [0.717, 1.165) is 22.5 Å². The van der Waals surface area contributed by atoms with Crippen molar-refractivity contribution in [3.05, 3.63) is 253 Å². The molecular weight excluding hydrogens is 849 g/mol. The van der Waals surface area contributed by atoms with E-state index in [1.165, 1.54) is 132 Å². The fraction of sp³-hybridized carbons (Fsp3) is 0.0149. The summed E-state index contributed by atoms with van der Waals surface area (Å²) < 4.78 is 11.4. The fourth-order valence-electron chi connectivity index (χ4n) is 13.6. The Kier molecular flexibility index (Phi) is 6.89. The SMILES string of the molecule is c1ccc(-n2c3ccc(-c4ccc5c(c4)c4cccc6oc7cccc5c7c64)cc3c3cc(-n4c5ccccc5c5ccc6c(c54)-c4ccccc4C64c5ccccc5-c5ccccc54)ccc32)cc1. The first-order chi connectivity index (χ1) is 34.7. The molecule has 3 heteroatoms. The van der Waals surface area contributed by atoms with Gasteiger partial charge in [0, 0.05) is 49.3 Å². The van der Waals surface area contributed by atoms with Crippen LogP contribution >= 0.6 is 0 Å². The van der Waals surface area contributed by atoms with Crippen molar-refractivity contribution >= 4 is 87.1 Å². The monoisotopic (exact) mass is 886 g/mol. The number of nitrogens with zero attached hydrogens (tertiary/aromatic N) is 2. The molecule has 0 saturated heterocycles. The molecule has 2 aliphatic rings. The molecular formula is C67H38N2O. The van der Waals surface area contributed by atoms with Crippen LogP contribution in [-0.4, -0.2) is 9.13 Å². The molecule has 3 nitrogen and oxygen atoms in total. The summed E-state index contributed by atoms with van der Waals surface area (Å²) in [6.07, 6.45) is 0. The van der Waals surface area contributed by atoms with E-state index in [4.69, 9.17) is 4.42 Å². The predicted octanol–water partition coefficient (Wildman–Crippen LogP) is 17.5. The van der Waals surface area contributed by atoms with Gasteiger partial charge in [0.1, 0.15) is 11.2 Å². The maximum absolute atomic E-state index is 6.39. The summed E-state index contributed by atoms with van der Waals surface area (Å²) in [6, 6.07) is 86.2. The average molecular weight is 887 g/mol. The zero-order chi connectivity index (χ0) is 45.4. The summed E-state index contributed by atoms with van der Waals surface area (Å²) in [5.74, 6) is 0. The lowest BCUT2D eigenvalue weighted by atomic mass is 9.70. The van der Waals surface area contributed by atoms with E-state index in [1.54, 1.807) is 0 Å². The van der Waals surface area contributed by atoms with Crippen molar-refractivity contribution in [2.45, 2.75) is 5.41 Å². The second-order valence-corrected chi connectivity index (χ2v) is 19.4. The molecule has 2 aliphatic carbocycles. The lowest BCUT2D eigenvalue weighted by Crippen LogP contribution is -2.25. The highest BCUT2D eigenvalue weighted by atomic mass is 16.3. The minimum absolute atomic E-state index is 0.435. The number of rotatable bonds is 3. The van der Waals surface area contributed by atoms with Crippen molar-refractivity contribution in [1.82, 2.24) is 9.13 Å². The van der Waals surface area contributed by atoms with Gasteiger partial charge in [0.05, 0.1) is 27.5 Å². The third-order valence-electron chi connectivity index (χ3n) is 16.3. The van der Waals surface area contributed by atoms with E-state index in [-0.39, 0.29) is 0 Å². The standard InChI is InChI=1S/C67H38N2O/c1-2-14-41(15-3-1)68-59-34-29-40(39-28-31-43-47-20-12-26-61-64(47)65-48(51(43)36-39)21-13-27-62(65)70-61)37-52(59)53-38-42(30-35-60(53)68)69-58-25-11-7-18-46(58)49-32-33-57-63(66(49)69)50-19-6-10-24-56(50)67(57)54-22-8-4-16-44(54)45-17-5-9-23-55(45)67/h1-38H. The first kappa shape index (κ1) is 36.9. The number of para-hydroxylation sites is 2. The van der Waals surface area contributed by atoms with Gasteiger partial charge in [-0.05, 0) is 138 Å². The van der Waals surface area contributed by atoms with E-state index in [0.29, 0.717) is 0 Å². The van der Waals surface area contributed by atoms with Gasteiger partial charge in [0.15, 0.2) is 0 Å². The largest absolute Gasteiger partial charge is 0.456 e. The molecule has 0 N–H and O–H groups in total. The van der Waals surface area contributed by atoms with E-state index in [1.807, 2.05) is 0 Å². The quantitative estimate of drug-likeness (QED) is 0.162. The van der Waals surface area contributed by atoms with Crippen LogP contribution in [-0.2, 0) is 5.41 Å². The number of benzene rings is 12. The highest BCUT2D eigenvalue weighted by Gasteiger charge is 2.52. The molecule has 0 amide bonds. The molecule has 15 aromatic rings. The second-order valence-electron chi connectivity index (χ2n) is 19.4. The Bertz CT molecular complexity index is 4730. The molecule has 1 spiro atoms. The molecule has 12 aromatic carbocycles. The van der Waals surface area contributed by atoms with Crippen LogP contribution in [0.4, 0.5) is 0 Å². The van der Waals surface area contributed by atoms with Crippen molar-refractivity contribution in [1.29, 1.82) is 0 Å². The number of fused-ring (bicyclic) bond motifs is 20. The van der Waals surface area contributed by atoms with Crippen molar-refractivity contribution in [2.24, 2.45) is 0 Å². The van der Waals surface area contributed by atoms with Gasteiger partial charge in [-0.25, -0.2) is 0 Å². The van der Waals surface area contributed by atoms with Crippen LogP contribution in [0.1, 0.15) is 22.3 Å². The van der Waals surface area contributed by atoms with Gasteiger partial charge in [0.25, 0.3) is 0 Å². The van der Waals surface area contributed by atoms with Gasteiger partial charge >= 0.3 is 0 Å². The minimum Gasteiger partial charge on any atom is -0.456 e. The van der Waals surface area contributed by atoms with Gasteiger partial charge in [-0.1, -0.05) is 164 Å². The van der Waals surface area contributed by atoms with Crippen LogP contribution in [0.2, 0.25) is 0 Å². The Labute approximate surface area is 401 Å². The molecule has 17 rings (SSSR count). The minimum atomic E-state index is -0.435. The lowest BCUT2D eigenvalue weighted by molar-refractivity contribution is 0.669. The van der Waals surface area contributed by atoms with E-state index >= 15 is 0 Å². The summed E-state index contributed by atoms with van der Waals surface area (Å²) in [4.78, 5) is 0. The normalized spacial score (nSPS) is 13.5. The van der Waals surface area contributed by atoms with E-state index < -0.39 is 5.41 Å². The predicted molar refractivity (Wildman–Crippen MR) is 290 cm³/mol. The molecule has 3 heterocycles. The molecule has 0 radical (unpaired) electrons. The molecule has 0 saturated carbocycles. The molecule has 0 aliphatic heterocycles. The number of hydrogen-bond acceptors (Lipinski definition) is 1. The summed E-state index contributed by atoms with van der Waals surface area (Å²) in [7, 11) is 0. The van der Waals surface area contributed by atoms with Gasteiger partial charge in [0.2, 0.25) is 0 Å². The molecule has 322 valence electrons. The lowest BCUT2D eigenvalue weighted by Gasteiger charge is -2.30. The maximum atomic E-state index is 6.39. The average Bonchev–Trinajstić information content (AvgIpc) is 4.21. The van der Waals surface area contributed by atoms with Crippen molar-refractivity contribution in [3.8, 4) is 44.8 Å². The highest BCUT2D eigenvalue weighted by Crippen LogP contribution is 2.64. The van der Waals surface area contributed by atoms with Crippen molar-refractivity contribution < 1.29 is 4.42 Å². The number of furan rings is 1. The third-order valence-corrected chi connectivity index (χ3v) is 16.3. The molecule has 0 unspecified atom stereocenters. The third kappa shape index (κ3) is 4.42. The van der Waals surface area contributed by atoms with Gasteiger partial charge in [-0.15, -0.1) is 0 Å². The topological polar surface area (TPSA) is 23.0 Å². The Morgan fingerprint density at radius 1 is 0.300 bits per heavy atom. The molecule has 3 aromatic heterocycles. The van der Waals surface area contributed by atoms with Gasteiger partial charge < -0.3 is 13.6 Å².